The molecular weight excluding hydrogens is 303 g/mol. The number of benzene rings is 1. The van der Waals surface area contributed by atoms with Crippen LogP contribution in [0.25, 0.3) is 0 Å². The Balaban J connectivity index is 3.13. The van der Waals surface area contributed by atoms with Gasteiger partial charge in [-0.05, 0) is 17.7 Å². The highest BCUT2D eigenvalue weighted by molar-refractivity contribution is 7.89. The van der Waals surface area contributed by atoms with Crippen LogP contribution in [0, 0.1) is 0 Å². The first-order valence-electron chi connectivity index (χ1n) is 5.42. The molecule has 0 atom stereocenters. The maximum absolute atomic E-state index is 12.4. The van der Waals surface area contributed by atoms with E-state index in [0.717, 1.165) is 0 Å². The lowest BCUT2D eigenvalue weighted by molar-refractivity contribution is -0.135. The van der Waals surface area contributed by atoms with E-state index in [1.165, 1.54) is 25.1 Å². The van der Waals surface area contributed by atoms with Crippen molar-refractivity contribution in [3.63, 3.8) is 0 Å². The van der Waals surface area contributed by atoms with Gasteiger partial charge in [0, 0.05) is 12.4 Å². The van der Waals surface area contributed by atoms with E-state index in [-0.39, 0.29) is 17.3 Å². The molecule has 0 radical (unpaired) electrons. The zero-order chi connectivity index (χ0) is 14.7. The summed E-state index contributed by atoms with van der Waals surface area (Å²) < 4.78 is 61.6. The summed E-state index contributed by atoms with van der Waals surface area (Å²) in [6.45, 7) is -0.404. The molecule has 0 aliphatic carbocycles. The summed E-state index contributed by atoms with van der Waals surface area (Å²) in [6, 6.07) is 5.59. The van der Waals surface area contributed by atoms with Crippen LogP contribution < -0.4 is 0 Å². The molecule has 1 aromatic rings. The van der Waals surface area contributed by atoms with Gasteiger partial charge in [-0.25, -0.2) is 8.42 Å². The Morgan fingerprint density at radius 2 is 1.95 bits per heavy atom. The fourth-order valence-corrected chi connectivity index (χ4v) is 3.18. The third-order valence-electron chi connectivity index (χ3n) is 2.40. The second-order valence-corrected chi connectivity index (χ2v) is 6.03. The van der Waals surface area contributed by atoms with Gasteiger partial charge in [0.1, 0.15) is 6.54 Å². The summed E-state index contributed by atoms with van der Waals surface area (Å²) in [5, 5.41) is 0. The van der Waals surface area contributed by atoms with Crippen molar-refractivity contribution < 1.29 is 21.6 Å². The molecule has 8 heteroatoms. The van der Waals surface area contributed by atoms with Gasteiger partial charge in [-0.15, -0.1) is 11.6 Å². The van der Waals surface area contributed by atoms with Crippen LogP contribution in [0.1, 0.15) is 12.5 Å². The molecule has 0 aliphatic rings. The van der Waals surface area contributed by atoms with Gasteiger partial charge in [0.25, 0.3) is 0 Å². The molecule has 0 amide bonds. The van der Waals surface area contributed by atoms with Crippen LogP contribution in [0.2, 0.25) is 0 Å². The monoisotopic (exact) mass is 315 g/mol. The summed E-state index contributed by atoms with van der Waals surface area (Å²) in [5.41, 5.74) is 0.533. The molecule has 1 aromatic carbocycles. The third kappa shape index (κ3) is 4.36. The van der Waals surface area contributed by atoms with Gasteiger partial charge < -0.3 is 0 Å². The molecule has 0 saturated carbocycles. The minimum atomic E-state index is -4.58. The standard InChI is InChI=1S/C11H13ClF3NO2S/c1-2-16(8-11(13,14)15)19(17,18)10-5-3-4-9(6-10)7-12/h3-6H,2,7-8H2,1H3. The highest BCUT2D eigenvalue weighted by Gasteiger charge is 2.36. The first kappa shape index (κ1) is 16.3. The van der Waals surface area contributed by atoms with E-state index in [1.54, 1.807) is 6.07 Å². The summed E-state index contributed by atoms with van der Waals surface area (Å²) in [6.07, 6.45) is -4.58. The molecule has 0 aliphatic heterocycles. The average molecular weight is 316 g/mol. The van der Waals surface area contributed by atoms with Crippen molar-refractivity contribution in [2.24, 2.45) is 0 Å². The average Bonchev–Trinajstić information content (AvgIpc) is 2.34. The van der Waals surface area contributed by atoms with E-state index in [9.17, 15) is 21.6 Å². The van der Waals surface area contributed by atoms with E-state index >= 15 is 0 Å². The van der Waals surface area contributed by atoms with Gasteiger partial charge in [0.15, 0.2) is 0 Å². The van der Waals surface area contributed by atoms with Crippen LogP contribution in [0.3, 0.4) is 0 Å². The van der Waals surface area contributed by atoms with Crippen LogP contribution in [-0.2, 0) is 15.9 Å². The van der Waals surface area contributed by atoms with Crippen molar-refractivity contribution >= 4 is 21.6 Å². The summed E-state index contributed by atoms with van der Waals surface area (Å²) in [5.74, 6) is 0.0920. The Hall–Kier alpha value is -0.790. The fraction of sp³-hybridized carbons (Fsp3) is 0.455. The molecule has 0 N–H and O–H groups in total. The van der Waals surface area contributed by atoms with E-state index < -0.39 is 22.7 Å². The van der Waals surface area contributed by atoms with Crippen molar-refractivity contribution in [3.05, 3.63) is 29.8 Å². The molecule has 108 valence electrons. The van der Waals surface area contributed by atoms with Crippen molar-refractivity contribution in [3.8, 4) is 0 Å². The van der Waals surface area contributed by atoms with Crippen LogP contribution >= 0.6 is 11.6 Å². The number of halogens is 4. The normalized spacial score (nSPS) is 12.9. The lowest BCUT2D eigenvalue weighted by atomic mass is 10.2. The van der Waals surface area contributed by atoms with Gasteiger partial charge in [-0.3, -0.25) is 0 Å². The zero-order valence-corrected chi connectivity index (χ0v) is 11.7. The van der Waals surface area contributed by atoms with Crippen LogP contribution in [0.15, 0.2) is 29.2 Å². The fourth-order valence-electron chi connectivity index (χ4n) is 1.50. The van der Waals surface area contributed by atoms with Gasteiger partial charge in [-0.1, -0.05) is 19.1 Å². The van der Waals surface area contributed by atoms with Crippen molar-refractivity contribution in [2.45, 2.75) is 23.9 Å². The van der Waals surface area contributed by atoms with E-state index in [0.29, 0.717) is 9.87 Å². The number of alkyl halides is 4. The van der Waals surface area contributed by atoms with E-state index in [4.69, 9.17) is 11.6 Å². The molecule has 19 heavy (non-hydrogen) atoms. The van der Waals surface area contributed by atoms with Crippen molar-refractivity contribution in [2.75, 3.05) is 13.1 Å². The Morgan fingerprint density at radius 3 is 2.42 bits per heavy atom. The molecule has 0 bridgehead atoms. The first-order chi connectivity index (χ1) is 8.70. The van der Waals surface area contributed by atoms with Gasteiger partial charge in [0.2, 0.25) is 10.0 Å². The Labute approximate surface area is 115 Å². The predicted octanol–water partition coefficient (Wildman–Crippen LogP) is 3.00. The number of hydrogen-bond donors (Lipinski definition) is 0. The lowest BCUT2D eigenvalue weighted by Crippen LogP contribution is -2.38. The Kier molecular flexibility index (Phi) is 5.23. The van der Waals surface area contributed by atoms with E-state index in [1.807, 2.05) is 0 Å². The molecule has 1 rings (SSSR count). The van der Waals surface area contributed by atoms with Crippen LogP contribution in [-0.4, -0.2) is 32.0 Å². The lowest BCUT2D eigenvalue weighted by Gasteiger charge is -2.22. The SMILES string of the molecule is CCN(CC(F)(F)F)S(=O)(=O)c1cccc(CCl)c1. The first-order valence-corrected chi connectivity index (χ1v) is 7.40. The molecular formula is C11H13ClF3NO2S. The zero-order valence-electron chi connectivity index (χ0n) is 10.1. The quantitative estimate of drug-likeness (QED) is 0.783. The van der Waals surface area contributed by atoms with Crippen molar-refractivity contribution in [1.29, 1.82) is 0 Å². The smallest absolute Gasteiger partial charge is 0.207 e. The second-order valence-electron chi connectivity index (χ2n) is 3.83. The van der Waals surface area contributed by atoms with E-state index in [2.05, 4.69) is 0 Å². The molecule has 0 heterocycles. The van der Waals surface area contributed by atoms with Crippen LogP contribution in [0.5, 0.6) is 0 Å². The number of rotatable bonds is 5. The Morgan fingerprint density at radius 1 is 1.32 bits per heavy atom. The van der Waals surface area contributed by atoms with Gasteiger partial charge in [0.05, 0.1) is 4.90 Å². The molecule has 0 saturated heterocycles. The topological polar surface area (TPSA) is 37.4 Å². The van der Waals surface area contributed by atoms with Gasteiger partial charge >= 0.3 is 6.18 Å². The maximum atomic E-state index is 12.4. The highest BCUT2D eigenvalue weighted by atomic mass is 35.5. The molecule has 0 spiro atoms. The second kappa shape index (κ2) is 6.11. The number of sulfonamides is 1. The molecule has 0 aromatic heterocycles. The number of hydrogen-bond acceptors (Lipinski definition) is 2. The summed E-state index contributed by atoms with van der Waals surface area (Å²) in [7, 11) is -4.16. The predicted molar refractivity (Wildman–Crippen MR) is 66.5 cm³/mol. The minimum absolute atomic E-state index is 0.0920. The highest BCUT2D eigenvalue weighted by Crippen LogP contribution is 2.23. The summed E-state index contributed by atoms with van der Waals surface area (Å²) in [4.78, 5) is -0.184. The molecule has 0 unspecified atom stereocenters. The summed E-state index contributed by atoms with van der Waals surface area (Å²) >= 11 is 5.58. The maximum Gasteiger partial charge on any atom is 0.402 e. The third-order valence-corrected chi connectivity index (χ3v) is 4.62. The largest absolute Gasteiger partial charge is 0.402 e. The van der Waals surface area contributed by atoms with Crippen LogP contribution in [0.4, 0.5) is 13.2 Å². The molecule has 0 fully saturated rings. The number of nitrogens with zero attached hydrogens (tertiary/aromatic N) is 1. The Bertz CT molecular complexity index is 531. The molecule has 3 nitrogen and oxygen atoms in total. The van der Waals surface area contributed by atoms with Gasteiger partial charge in [-0.2, -0.15) is 17.5 Å². The van der Waals surface area contributed by atoms with Crippen molar-refractivity contribution in [1.82, 2.24) is 4.31 Å². The minimum Gasteiger partial charge on any atom is -0.207 e.